The maximum atomic E-state index is 13.5. The molecule has 1 aliphatic rings. The maximum absolute atomic E-state index is 13.5. The monoisotopic (exact) mass is 390 g/mol. The molecule has 0 aromatic heterocycles. The van der Waals surface area contributed by atoms with Crippen molar-refractivity contribution in [2.45, 2.75) is 13.0 Å². The number of carbonyl (C=O) groups excluding carboxylic acids is 2. The molecule has 0 radical (unpaired) electrons. The van der Waals surface area contributed by atoms with Crippen molar-refractivity contribution in [2.24, 2.45) is 11.8 Å². The number of anilines is 1. The molecule has 6 heteroatoms. The van der Waals surface area contributed by atoms with Crippen LogP contribution in [0.4, 0.5) is 10.1 Å². The minimum Gasteiger partial charge on any atom is -0.352 e. The first-order valence-corrected chi connectivity index (χ1v) is 8.42. The molecular formula is C18H16BrFN2O2. The second-order valence-corrected chi connectivity index (χ2v) is 6.58. The topological polar surface area (TPSA) is 58.2 Å². The number of nitrogens with one attached hydrogen (secondary N) is 2. The van der Waals surface area contributed by atoms with Gasteiger partial charge in [-0.1, -0.05) is 30.3 Å². The van der Waals surface area contributed by atoms with Gasteiger partial charge in [0.2, 0.25) is 11.8 Å². The molecule has 2 N–H and O–H groups in total. The Kier molecular flexibility index (Phi) is 4.94. The Hall–Kier alpha value is -2.21. The molecule has 2 aromatic carbocycles. The van der Waals surface area contributed by atoms with Crippen LogP contribution in [0, 0.1) is 17.7 Å². The van der Waals surface area contributed by atoms with Crippen LogP contribution < -0.4 is 10.6 Å². The lowest BCUT2D eigenvalue weighted by atomic mass is 10.2. The summed E-state index contributed by atoms with van der Waals surface area (Å²) in [6.45, 7) is 0.126. The van der Waals surface area contributed by atoms with Gasteiger partial charge in [0, 0.05) is 16.6 Å². The van der Waals surface area contributed by atoms with E-state index in [1.807, 2.05) is 18.2 Å². The molecule has 124 valence electrons. The van der Waals surface area contributed by atoms with E-state index in [9.17, 15) is 14.0 Å². The summed E-state index contributed by atoms with van der Waals surface area (Å²) in [5, 5.41) is 5.51. The summed E-state index contributed by atoms with van der Waals surface area (Å²) >= 11 is 3.37. The molecule has 1 fully saturated rings. The number of hydrogen-bond donors (Lipinski definition) is 2. The van der Waals surface area contributed by atoms with Crippen molar-refractivity contribution in [2.75, 3.05) is 5.32 Å². The fourth-order valence-corrected chi connectivity index (χ4v) is 2.90. The summed E-state index contributed by atoms with van der Waals surface area (Å²) in [6, 6.07) is 13.6. The Bertz CT molecular complexity index is 781. The Balaban J connectivity index is 1.51. The van der Waals surface area contributed by atoms with Gasteiger partial charge in [-0.3, -0.25) is 9.59 Å². The standard InChI is InChI=1S/C18H16BrFN2O2/c19-14-6-2-4-8-16(14)22-18(24)13-9-12(13)17(23)21-10-11-5-1-3-7-15(11)20/h1-8,12-13H,9-10H2,(H,21,23)(H,22,24). The van der Waals surface area contributed by atoms with E-state index in [1.165, 1.54) is 6.07 Å². The Morgan fingerprint density at radius 3 is 2.46 bits per heavy atom. The lowest BCUT2D eigenvalue weighted by Crippen LogP contribution is -2.27. The third kappa shape index (κ3) is 3.82. The average Bonchev–Trinajstić information content (AvgIpc) is 3.37. The Labute approximate surface area is 147 Å². The Morgan fingerprint density at radius 1 is 1.04 bits per heavy atom. The van der Waals surface area contributed by atoms with Crippen molar-refractivity contribution in [3.8, 4) is 0 Å². The quantitative estimate of drug-likeness (QED) is 0.820. The van der Waals surface area contributed by atoms with Crippen molar-refractivity contribution in [3.63, 3.8) is 0 Å². The molecule has 24 heavy (non-hydrogen) atoms. The van der Waals surface area contributed by atoms with Gasteiger partial charge in [0.1, 0.15) is 5.82 Å². The molecule has 1 aliphatic carbocycles. The second kappa shape index (κ2) is 7.13. The first-order valence-electron chi connectivity index (χ1n) is 7.63. The number of amides is 2. The van der Waals surface area contributed by atoms with Gasteiger partial charge in [0.05, 0.1) is 17.5 Å². The molecule has 2 amide bonds. The highest BCUT2D eigenvalue weighted by Crippen LogP contribution is 2.40. The lowest BCUT2D eigenvalue weighted by molar-refractivity contribution is -0.125. The van der Waals surface area contributed by atoms with Crippen molar-refractivity contribution in [3.05, 3.63) is 64.4 Å². The molecule has 3 rings (SSSR count). The molecule has 0 bridgehead atoms. The molecule has 2 unspecified atom stereocenters. The number of para-hydroxylation sites is 1. The number of rotatable bonds is 5. The zero-order chi connectivity index (χ0) is 17.1. The summed E-state index contributed by atoms with van der Waals surface area (Å²) in [4.78, 5) is 24.3. The molecule has 0 spiro atoms. The average molecular weight is 391 g/mol. The normalized spacial score (nSPS) is 18.8. The smallest absolute Gasteiger partial charge is 0.228 e. The van der Waals surface area contributed by atoms with Gasteiger partial charge >= 0.3 is 0 Å². The summed E-state index contributed by atoms with van der Waals surface area (Å²) in [7, 11) is 0. The summed E-state index contributed by atoms with van der Waals surface area (Å²) in [6.07, 6.45) is 0.513. The van der Waals surface area contributed by atoms with E-state index < -0.39 is 0 Å². The van der Waals surface area contributed by atoms with Crippen LogP contribution in [-0.2, 0) is 16.1 Å². The predicted molar refractivity (Wildman–Crippen MR) is 92.6 cm³/mol. The maximum Gasteiger partial charge on any atom is 0.228 e. The highest BCUT2D eigenvalue weighted by molar-refractivity contribution is 9.10. The van der Waals surface area contributed by atoms with Crippen LogP contribution in [-0.4, -0.2) is 11.8 Å². The molecular weight excluding hydrogens is 375 g/mol. The van der Waals surface area contributed by atoms with E-state index in [1.54, 1.807) is 24.3 Å². The summed E-state index contributed by atoms with van der Waals surface area (Å²) in [5.74, 6) is -1.42. The molecule has 0 aliphatic heterocycles. The second-order valence-electron chi connectivity index (χ2n) is 5.73. The van der Waals surface area contributed by atoms with E-state index in [2.05, 4.69) is 26.6 Å². The van der Waals surface area contributed by atoms with Gasteiger partial charge in [0.15, 0.2) is 0 Å². The van der Waals surface area contributed by atoms with Gasteiger partial charge in [0.25, 0.3) is 0 Å². The van der Waals surface area contributed by atoms with Gasteiger partial charge in [-0.2, -0.15) is 0 Å². The summed E-state index contributed by atoms with van der Waals surface area (Å²) < 4.78 is 14.3. The van der Waals surface area contributed by atoms with Crippen molar-refractivity contribution in [1.29, 1.82) is 0 Å². The first-order chi connectivity index (χ1) is 11.6. The number of halogens is 2. The fraction of sp³-hybridized carbons (Fsp3) is 0.222. The zero-order valence-corrected chi connectivity index (χ0v) is 14.3. The molecule has 2 atom stereocenters. The fourth-order valence-electron chi connectivity index (χ4n) is 2.52. The Morgan fingerprint density at radius 2 is 1.71 bits per heavy atom. The third-order valence-corrected chi connectivity index (χ3v) is 4.70. The largest absolute Gasteiger partial charge is 0.352 e. The lowest BCUT2D eigenvalue weighted by Gasteiger charge is -2.08. The minimum absolute atomic E-state index is 0.126. The number of hydrogen-bond acceptors (Lipinski definition) is 2. The van der Waals surface area contributed by atoms with Crippen LogP contribution in [0.15, 0.2) is 53.0 Å². The first kappa shape index (κ1) is 16.6. The van der Waals surface area contributed by atoms with E-state index in [-0.39, 0.29) is 36.0 Å². The van der Waals surface area contributed by atoms with Crippen molar-refractivity contribution in [1.82, 2.24) is 5.32 Å². The molecule has 2 aromatic rings. The van der Waals surface area contributed by atoms with Gasteiger partial charge < -0.3 is 10.6 Å². The molecule has 1 saturated carbocycles. The zero-order valence-electron chi connectivity index (χ0n) is 12.8. The highest BCUT2D eigenvalue weighted by atomic mass is 79.9. The van der Waals surface area contributed by atoms with Gasteiger partial charge in [-0.15, -0.1) is 0 Å². The van der Waals surface area contributed by atoms with Crippen LogP contribution >= 0.6 is 15.9 Å². The van der Waals surface area contributed by atoms with Crippen LogP contribution in [0.5, 0.6) is 0 Å². The SMILES string of the molecule is O=C(NCc1ccccc1F)C1CC1C(=O)Nc1ccccc1Br. The number of benzene rings is 2. The molecule has 0 heterocycles. The third-order valence-electron chi connectivity index (χ3n) is 4.01. The highest BCUT2D eigenvalue weighted by Gasteiger charge is 2.48. The van der Waals surface area contributed by atoms with E-state index >= 15 is 0 Å². The van der Waals surface area contributed by atoms with Gasteiger partial charge in [-0.25, -0.2) is 4.39 Å². The predicted octanol–water partition coefficient (Wildman–Crippen LogP) is 3.48. The van der Waals surface area contributed by atoms with Crippen LogP contribution in [0.2, 0.25) is 0 Å². The van der Waals surface area contributed by atoms with Crippen LogP contribution in [0.3, 0.4) is 0 Å². The summed E-state index contributed by atoms with van der Waals surface area (Å²) in [5.41, 5.74) is 1.11. The van der Waals surface area contributed by atoms with Crippen LogP contribution in [0.1, 0.15) is 12.0 Å². The van der Waals surface area contributed by atoms with E-state index in [0.29, 0.717) is 17.7 Å². The minimum atomic E-state index is -0.350. The van der Waals surface area contributed by atoms with Crippen LogP contribution in [0.25, 0.3) is 0 Å². The number of carbonyl (C=O) groups is 2. The van der Waals surface area contributed by atoms with E-state index in [0.717, 1.165) is 4.47 Å². The van der Waals surface area contributed by atoms with E-state index in [4.69, 9.17) is 0 Å². The molecule has 4 nitrogen and oxygen atoms in total. The van der Waals surface area contributed by atoms with Crippen molar-refractivity contribution < 1.29 is 14.0 Å². The van der Waals surface area contributed by atoms with Gasteiger partial charge in [-0.05, 0) is 40.5 Å². The van der Waals surface area contributed by atoms with Crippen molar-refractivity contribution >= 4 is 33.4 Å². The molecule has 0 saturated heterocycles.